The first kappa shape index (κ1) is 15.8. The molecular formula is C16H20O3SSi. The van der Waals surface area contributed by atoms with Crippen molar-refractivity contribution in [1.29, 1.82) is 0 Å². The van der Waals surface area contributed by atoms with Crippen LogP contribution in [-0.4, -0.2) is 16.7 Å². The van der Waals surface area contributed by atoms with Crippen LogP contribution in [0.15, 0.2) is 58.3 Å². The lowest BCUT2D eigenvalue weighted by atomic mass is 10.2. The molecule has 0 aromatic heterocycles. The van der Waals surface area contributed by atoms with Crippen LogP contribution in [-0.2, 0) is 9.84 Å². The molecule has 0 unspecified atom stereocenters. The van der Waals surface area contributed by atoms with Crippen molar-refractivity contribution in [2.45, 2.75) is 36.4 Å². The van der Waals surface area contributed by atoms with E-state index >= 15 is 0 Å². The van der Waals surface area contributed by atoms with E-state index in [0.717, 1.165) is 11.3 Å². The fourth-order valence-corrected chi connectivity index (χ4v) is 4.00. The van der Waals surface area contributed by atoms with E-state index in [9.17, 15) is 8.42 Å². The van der Waals surface area contributed by atoms with Crippen LogP contribution in [0.4, 0.5) is 0 Å². The first-order chi connectivity index (χ1) is 9.68. The van der Waals surface area contributed by atoms with E-state index in [0.29, 0.717) is 4.90 Å². The smallest absolute Gasteiger partial charge is 0.242 e. The highest BCUT2D eigenvalue weighted by atomic mass is 32.2. The van der Waals surface area contributed by atoms with E-state index < -0.39 is 18.2 Å². The Morgan fingerprint density at radius 1 is 0.810 bits per heavy atom. The third-order valence-electron chi connectivity index (χ3n) is 2.89. The van der Waals surface area contributed by atoms with Gasteiger partial charge in [0, 0.05) is 0 Å². The molecule has 3 nitrogen and oxygen atoms in total. The van der Waals surface area contributed by atoms with Crippen molar-refractivity contribution in [1.82, 2.24) is 0 Å². The summed E-state index contributed by atoms with van der Waals surface area (Å²) in [7, 11) is -5.14. The molecule has 0 aliphatic heterocycles. The lowest BCUT2D eigenvalue weighted by Crippen LogP contribution is -2.29. The summed E-state index contributed by atoms with van der Waals surface area (Å²) in [4.78, 5) is 0.598. The molecule has 0 bridgehead atoms. The van der Waals surface area contributed by atoms with Crippen molar-refractivity contribution in [2.75, 3.05) is 0 Å². The average molecular weight is 320 g/mol. The van der Waals surface area contributed by atoms with Crippen LogP contribution in [0.3, 0.4) is 0 Å². The molecule has 2 rings (SSSR count). The number of aryl methyl sites for hydroxylation is 1. The summed E-state index contributed by atoms with van der Waals surface area (Å²) in [6.45, 7) is 8.19. The molecule has 5 heteroatoms. The van der Waals surface area contributed by atoms with Crippen LogP contribution in [0.25, 0.3) is 0 Å². The van der Waals surface area contributed by atoms with Gasteiger partial charge in [0.1, 0.15) is 5.75 Å². The van der Waals surface area contributed by atoms with Crippen molar-refractivity contribution >= 4 is 18.2 Å². The molecule has 0 saturated carbocycles. The topological polar surface area (TPSA) is 43.4 Å². The van der Waals surface area contributed by atoms with Gasteiger partial charge in [-0.3, -0.25) is 0 Å². The number of hydrogen-bond donors (Lipinski definition) is 0. The lowest BCUT2D eigenvalue weighted by Gasteiger charge is -2.19. The second-order valence-corrected chi connectivity index (χ2v) is 12.4. The number of sulfone groups is 1. The van der Waals surface area contributed by atoms with Gasteiger partial charge in [-0.25, -0.2) is 8.42 Å². The van der Waals surface area contributed by atoms with Gasteiger partial charge >= 0.3 is 0 Å². The largest absolute Gasteiger partial charge is 0.544 e. The normalized spacial score (nSPS) is 12.2. The van der Waals surface area contributed by atoms with Crippen molar-refractivity contribution in [3.8, 4) is 5.75 Å². The Bertz CT molecular complexity index is 712. The lowest BCUT2D eigenvalue weighted by molar-refractivity contribution is 0.556. The molecule has 0 saturated heterocycles. The van der Waals surface area contributed by atoms with E-state index in [-0.39, 0.29) is 4.90 Å². The Kier molecular flexibility index (Phi) is 4.25. The summed E-state index contributed by atoms with van der Waals surface area (Å²) >= 11 is 0. The Balaban J connectivity index is 2.31. The molecule has 0 amide bonds. The predicted molar refractivity (Wildman–Crippen MR) is 87.0 cm³/mol. The minimum Gasteiger partial charge on any atom is -0.544 e. The highest BCUT2D eigenvalue weighted by Gasteiger charge is 2.19. The van der Waals surface area contributed by atoms with Gasteiger partial charge in [-0.15, -0.1) is 0 Å². The fourth-order valence-electron chi connectivity index (χ4n) is 1.89. The maximum absolute atomic E-state index is 12.5. The molecule has 0 N–H and O–H groups in total. The van der Waals surface area contributed by atoms with Gasteiger partial charge < -0.3 is 4.43 Å². The summed E-state index contributed by atoms with van der Waals surface area (Å²) < 4.78 is 30.9. The Labute approximate surface area is 127 Å². The minimum atomic E-state index is -3.46. The van der Waals surface area contributed by atoms with E-state index in [4.69, 9.17) is 4.43 Å². The van der Waals surface area contributed by atoms with Gasteiger partial charge in [0.2, 0.25) is 18.2 Å². The SMILES string of the molecule is Cc1ccc(S(=O)(=O)c2ccc(O[Si](C)(C)C)cc2)cc1. The van der Waals surface area contributed by atoms with Crippen LogP contribution in [0.5, 0.6) is 5.75 Å². The maximum Gasteiger partial charge on any atom is 0.242 e. The highest BCUT2D eigenvalue weighted by Crippen LogP contribution is 2.24. The van der Waals surface area contributed by atoms with Gasteiger partial charge in [-0.2, -0.15) is 0 Å². The molecule has 0 spiro atoms. The van der Waals surface area contributed by atoms with Crippen molar-refractivity contribution in [2.24, 2.45) is 0 Å². The monoisotopic (exact) mass is 320 g/mol. The minimum absolute atomic E-state index is 0.286. The number of hydrogen-bond acceptors (Lipinski definition) is 3. The first-order valence-corrected chi connectivity index (χ1v) is 11.7. The molecule has 0 radical (unpaired) electrons. The quantitative estimate of drug-likeness (QED) is 0.799. The summed E-state index contributed by atoms with van der Waals surface area (Å²) in [5.41, 5.74) is 1.04. The highest BCUT2D eigenvalue weighted by molar-refractivity contribution is 7.91. The standard InChI is InChI=1S/C16H20O3SSi/c1-13-5-9-15(10-6-13)20(17,18)16-11-7-14(8-12-16)19-21(2,3)4/h5-12H,1-4H3. The zero-order valence-corrected chi connectivity index (χ0v) is 14.6. The zero-order chi connectivity index (χ0) is 15.7. The van der Waals surface area contributed by atoms with Crippen molar-refractivity contribution in [3.05, 3.63) is 54.1 Å². The summed E-state index contributed by atoms with van der Waals surface area (Å²) in [5.74, 6) is 0.719. The molecule has 112 valence electrons. The van der Waals surface area contributed by atoms with Gasteiger partial charge in [0.05, 0.1) is 9.79 Å². The van der Waals surface area contributed by atoms with Crippen molar-refractivity contribution in [3.63, 3.8) is 0 Å². The molecule has 21 heavy (non-hydrogen) atoms. The second kappa shape index (κ2) is 5.65. The van der Waals surface area contributed by atoms with E-state index in [1.54, 1.807) is 48.5 Å². The maximum atomic E-state index is 12.5. The van der Waals surface area contributed by atoms with Gasteiger partial charge in [0.15, 0.2) is 0 Å². The summed E-state index contributed by atoms with van der Waals surface area (Å²) in [6.07, 6.45) is 0. The molecule has 2 aromatic carbocycles. The molecule has 0 aliphatic rings. The number of benzene rings is 2. The first-order valence-electron chi connectivity index (χ1n) is 6.79. The Hall–Kier alpha value is -1.59. The molecule has 0 heterocycles. The van der Waals surface area contributed by atoms with E-state index in [2.05, 4.69) is 19.6 Å². The third-order valence-corrected chi connectivity index (χ3v) is 5.52. The molecule has 0 aliphatic carbocycles. The van der Waals surface area contributed by atoms with Crippen LogP contribution in [0.1, 0.15) is 5.56 Å². The van der Waals surface area contributed by atoms with E-state index in [1.165, 1.54) is 0 Å². The van der Waals surface area contributed by atoms with Gasteiger partial charge in [-0.1, -0.05) is 17.7 Å². The molecule has 0 fully saturated rings. The van der Waals surface area contributed by atoms with Crippen LogP contribution in [0.2, 0.25) is 19.6 Å². The van der Waals surface area contributed by atoms with Gasteiger partial charge in [0.25, 0.3) is 0 Å². The number of rotatable bonds is 4. The summed E-state index contributed by atoms with van der Waals surface area (Å²) in [5, 5.41) is 0. The Morgan fingerprint density at radius 3 is 1.67 bits per heavy atom. The van der Waals surface area contributed by atoms with Crippen LogP contribution >= 0.6 is 0 Å². The average Bonchev–Trinajstić information content (AvgIpc) is 2.38. The fraction of sp³-hybridized carbons (Fsp3) is 0.250. The van der Waals surface area contributed by atoms with Gasteiger partial charge in [-0.05, 0) is 63.0 Å². The predicted octanol–water partition coefficient (Wildman–Crippen LogP) is 4.04. The second-order valence-electron chi connectivity index (χ2n) is 6.00. The molecular weight excluding hydrogens is 300 g/mol. The zero-order valence-electron chi connectivity index (χ0n) is 12.8. The van der Waals surface area contributed by atoms with Crippen LogP contribution in [0, 0.1) is 6.92 Å². The third kappa shape index (κ3) is 3.95. The van der Waals surface area contributed by atoms with Crippen molar-refractivity contribution < 1.29 is 12.8 Å². The van der Waals surface area contributed by atoms with E-state index in [1.807, 2.05) is 6.92 Å². The molecule has 0 atom stereocenters. The Morgan fingerprint density at radius 2 is 1.24 bits per heavy atom. The molecule has 2 aromatic rings. The van der Waals surface area contributed by atoms with Crippen LogP contribution < -0.4 is 4.43 Å². The summed E-state index contributed by atoms with van der Waals surface area (Å²) in [6, 6.07) is 13.5.